The highest BCUT2D eigenvalue weighted by Crippen LogP contribution is 2.15. The Bertz CT molecular complexity index is 715. The summed E-state index contributed by atoms with van der Waals surface area (Å²) in [6.07, 6.45) is 3.90. The zero-order valence-electron chi connectivity index (χ0n) is 16.2. The third-order valence-corrected chi connectivity index (χ3v) is 5.35. The third-order valence-electron chi connectivity index (χ3n) is 4.22. The Morgan fingerprint density at radius 2 is 2.12 bits per heavy atom. The molecule has 2 N–H and O–H groups in total. The van der Waals surface area contributed by atoms with Crippen molar-refractivity contribution in [2.24, 2.45) is 12.0 Å². The van der Waals surface area contributed by atoms with Crippen molar-refractivity contribution in [2.75, 3.05) is 6.54 Å². The van der Waals surface area contributed by atoms with Crippen LogP contribution in [0.25, 0.3) is 0 Å². The molecule has 0 saturated heterocycles. The number of aliphatic imine (C=N–C) groups is 1. The van der Waals surface area contributed by atoms with Crippen LogP contribution in [0.4, 0.5) is 0 Å². The molecule has 0 bridgehead atoms. The molecule has 0 aromatic carbocycles. The summed E-state index contributed by atoms with van der Waals surface area (Å²) in [6.45, 7) is 12.0. The second kappa shape index (κ2) is 8.99. The van der Waals surface area contributed by atoms with E-state index in [1.807, 2.05) is 17.9 Å². The number of aromatic nitrogens is 3. The van der Waals surface area contributed by atoms with E-state index in [9.17, 15) is 0 Å². The predicted octanol–water partition coefficient (Wildman–Crippen LogP) is 2.74. The van der Waals surface area contributed by atoms with Crippen molar-refractivity contribution < 1.29 is 0 Å². The Balaban J connectivity index is 2.00. The minimum Gasteiger partial charge on any atom is -0.357 e. The van der Waals surface area contributed by atoms with Crippen molar-refractivity contribution >= 4 is 17.3 Å². The average molecular weight is 363 g/mol. The number of guanidine groups is 1. The van der Waals surface area contributed by atoms with Gasteiger partial charge in [-0.25, -0.2) is 9.98 Å². The minimum absolute atomic E-state index is 0.266. The molecular formula is C18H30N6S. The number of thiazole rings is 1. The second-order valence-corrected chi connectivity index (χ2v) is 7.49. The van der Waals surface area contributed by atoms with Crippen LogP contribution in [-0.2, 0) is 26.4 Å². The molecule has 0 aliphatic rings. The maximum absolute atomic E-state index is 4.68. The predicted molar refractivity (Wildman–Crippen MR) is 105 cm³/mol. The van der Waals surface area contributed by atoms with Crippen LogP contribution in [0.15, 0.2) is 11.2 Å². The van der Waals surface area contributed by atoms with Crippen LogP contribution in [0.1, 0.15) is 47.6 Å². The molecule has 0 spiro atoms. The molecule has 0 fully saturated rings. The van der Waals surface area contributed by atoms with Crippen LogP contribution in [0.5, 0.6) is 0 Å². The Labute approximate surface area is 154 Å². The number of nitrogens with one attached hydrogen (secondary N) is 2. The van der Waals surface area contributed by atoms with E-state index in [4.69, 9.17) is 0 Å². The van der Waals surface area contributed by atoms with E-state index in [2.05, 4.69) is 60.3 Å². The maximum Gasteiger partial charge on any atom is 0.191 e. The van der Waals surface area contributed by atoms with Gasteiger partial charge < -0.3 is 10.6 Å². The van der Waals surface area contributed by atoms with Crippen LogP contribution in [0, 0.1) is 13.8 Å². The lowest BCUT2D eigenvalue weighted by Gasteiger charge is -2.18. The van der Waals surface area contributed by atoms with Crippen LogP contribution >= 0.6 is 11.3 Å². The molecule has 138 valence electrons. The molecular weight excluding hydrogens is 332 g/mol. The van der Waals surface area contributed by atoms with E-state index in [1.165, 1.54) is 16.1 Å². The topological polar surface area (TPSA) is 67.1 Å². The molecule has 0 amide bonds. The highest BCUT2D eigenvalue weighted by molar-refractivity contribution is 7.11. The van der Waals surface area contributed by atoms with E-state index < -0.39 is 0 Å². The Morgan fingerprint density at radius 3 is 2.68 bits per heavy atom. The summed E-state index contributed by atoms with van der Waals surface area (Å²) in [4.78, 5) is 10.4. The summed E-state index contributed by atoms with van der Waals surface area (Å²) in [5, 5.41) is 12.4. The van der Waals surface area contributed by atoms with Gasteiger partial charge in [-0.3, -0.25) is 4.68 Å². The van der Waals surface area contributed by atoms with Crippen molar-refractivity contribution in [1.29, 1.82) is 0 Å². The van der Waals surface area contributed by atoms with E-state index >= 15 is 0 Å². The Morgan fingerprint density at radius 1 is 1.36 bits per heavy atom. The molecule has 2 heterocycles. The lowest BCUT2D eigenvalue weighted by atomic mass is 10.1. The van der Waals surface area contributed by atoms with Gasteiger partial charge in [0.25, 0.3) is 0 Å². The van der Waals surface area contributed by atoms with Gasteiger partial charge in [0.1, 0.15) is 5.01 Å². The standard InChI is InChI=1S/C18H30N6S/c1-7-15-10-20-17(25-15)11-21-18(19-8-2)22-12(3)9-16-13(4)23-24(6)14(16)5/h10,12H,7-9,11H2,1-6H3,(H2,19,21,22). The molecule has 6 nitrogen and oxygen atoms in total. The summed E-state index contributed by atoms with van der Waals surface area (Å²) >= 11 is 1.74. The lowest BCUT2D eigenvalue weighted by molar-refractivity contribution is 0.635. The fourth-order valence-electron chi connectivity index (χ4n) is 2.75. The minimum atomic E-state index is 0.266. The zero-order valence-corrected chi connectivity index (χ0v) is 17.0. The number of rotatable bonds is 7. The number of aryl methyl sites for hydroxylation is 3. The fourth-order valence-corrected chi connectivity index (χ4v) is 3.54. The first-order valence-corrected chi connectivity index (χ1v) is 9.73. The van der Waals surface area contributed by atoms with Gasteiger partial charge in [-0.05, 0) is 46.1 Å². The Kier molecular flexibility index (Phi) is 6.99. The summed E-state index contributed by atoms with van der Waals surface area (Å²) in [7, 11) is 1.99. The molecule has 7 heteroatoms. The van der Waals surface area contributed by atoms with Gasteiger partial charge in [0.15, 0.2) is 5.96 Å². The van der Waals surface area contributed by atoms with Crippen LogP contribution < -0.4 is 10.6 Å². The third kappa shape index (κ3) is 5.29. The Hall–Kier alpha value is -1.89. The molecule has 0 saturated carbocycles. The van der Waals surface area contributed by atoms with E-state index in [0.29, 0.717) is 6.54 Å². The first kappa shape index (κ1) is 19.4. The van der Waals surface area contributed by atoms with Crippen LogP contribution in [-0.4, -0.2) is 33.3 Å². The molecule has 2 aromatic rings. The van der Waals surface area contributed by atoms with Crippen molar-refractivity contribution in [3.05, 3.63) is 33.0 Å². The lowest BCUT2D eigenvalue weighted by Crippen LogP contribution is -2.43. The van der Waals surface area contributed by atoms with Gasteiger partial charge in [0.2, 0.25) is 0 Å². The molecule has 2 rings (SSSR count). The smallest absolute Gasteiger partial charge is 0.191 e. The number of hydrogen-bond acceptors (Lipinski definition) is 4. The second-order valence-electron chi connectivity index (χ2n) is 6.29. The first-order chi connectivity index (χ1) is 11.9. The summed E-state index contributed by atoms with van der Waals surface area (Å²) in [5.41, 5.74) is 3.64. The highest BCUT2D eigenvalue weighted by atomic mass is 32.1. The van der Waals surface area contributed by atoms with Gasteiger partial charge in [-0.2, -0.15) is 5.10 Å². The molecule has 0 radical (unpaired) electrons. The summed E-state index contributed by atoms with van der Waals surface area (Å²) in [5.74, 6) is 0.836. The molecule has 0 aliphatic heterocycles. The van der Waals surface area contributed by atoms with Crippen molar-refractivity contribution in [2.45, 2.75) is 60.0 Å². The van der Waals surface area contributed by atoms with E-state index in [0.717, 1.165) is 36.0 Å². The maximum atomic E-state index is 4.68. The molecule has 1 atom stereocenters. The van der Waals surface area contributed by atoms with Gasteiger partial charge >= 0.3 is 0 Å². The van der Waals surface area contributed by atoms with E-state index in [1.54, 1.807) is 11.3 Å². The fraction of sp³-hybridized carbons (Fsp3) is 0.611. The number of hydrogen-bond donors (Lipinski definition) is 2. The number of nitrogens with zero attached hydrogens (tertiary/aromatic N) is 4. The van der Waals surface area contributed by atoms with Crippen LogP contribution in [0.2, 0.25) is 0 Å². The molecule has 1 unspecified atom stereocenters. The molecule has 25 heavy (non-hydrogen) atoms. The van der Waals surface area contributed by atoms with Gasteiger partial charge in [0, 0.05) is 36.4 Å². The quantitative estimate of drug-likeness (QED) is 0.587. The van der Waals surface area contributed by atoms with Gasteiger partial charge in [0.05, 0.1) is 12.2 Å². The van der Waals surface area contributed by atoms with Crippen molar-refractivity contribution in [3.8, 4) is 0 Å². The first-order valence-electron chi connectivity index (χ1n) is 8.92. The average Bonchev–Trinajstić information content (AvgIpc) is 3.13. The van der Waals surface area contributed by atoms with Gasteiger partial charge in [-0.1, -0.05) is 6.92 Å². The van der Waals surface area contributed by atoms with Crippen molar-refractivity contribution in [3.63, 3.8) is 0 Å². The summed E-state index contributed by atoms with van der Waals surface area (Å²) in [6, 6.07) is 0.266. The van der Waals surface area contributed by atoms with Crippen molar-refractivity contribution in [1.82, 2.24) is 25.4 Å². The monoisotopic (exact) mass is 362 g/mol. The highest BCUT2D eigenvalue weighted by Gasteiger charge is 2.14. The summed E-state index contributed by atoms with van der Waals surface area (Å²) < 4.78 is 1.95. The van der Waals surface area contributed by atoms with Crippen LogP contribution in [0.3, 0.4) is 0 Å². The SMILES string of the molecule is CCNC(=NCc1ncc(CC)s1)NC(C)Cc1c(C)nn(C)c1C. The largest absolute Gasteiger partial charge is 0.357 e. The normalized spacial score (nSPS) is 13.1. The zero-order chi connectivity index (χ0) is 18.4. The van der Waals surface area contributed by atoms with Gasteiger partial charge in [-0.15, -0.1) is 11.3 Å². The van der Waals surface area contributed by atoms with E-state index in [-0.39, 0.29) is 6.04 Å². The molecule has 0 aliphatic carbocycles. The molecule has 2 aromatic heterocycles.